The van der Waals surface area contributed by atoms with Crippen LogP contribution in [0.15, 0.2) is 36.4 Å². The first-order valence-corrected chi connectivity index (χ1v) is 11.5. The molecular weight excluding hydrogens is 425 g/mol. The lowest BCUT2D eigenvalue weighted by Crippen LogP contribution is -2.30. The lowest BCUT2D eigenvalue weighted by atomic mass is 9.94. The van der Waals surface area contributed by atoms with Crippen molar-refractivity contribution in [3.63, 3.8) is 0 Å². The first-order valence-electron chi connectivity index (χ1n) is 10.4. The molecule has 29 heavy (non-hydrogen) atoms. The van der Waals surface area contributed by atoms with Gasteiger partial charge in [-0.3, -0.25) is 0 Å². The predicted molar refractivity (Wildman–Crippen MR) is 128 cm³/mol. The van der Waals surface area contributed by atoms with Gasteiger partial charge in [0, 0.05) is 22.0 Å². The second kappa shape index (κ2) is 10.3. The number of fused-ring (bicyclic) bond motifs is 3. The van der Waals surface area contributed by atoms with E-state index >= 15 is 0 Å². The van der Waals surface area contributed by atoms with Gasteiger partial charge in [0.15, 0.2) is 0 Å². The van der Waals surface area contributed by atoms with Crippen molar-refractivity contribution in [2.75, 3.05) is 19.6 Å². The third-order valence-corrected chi connectivity index (χ3v) is 6.16. The summed E-state index contributed by atoms with van der Waals surface area (Å²) >= 11 is 19.2. The van der Waals surface area contributed by atoms with Crippen molar-refractivity contribution in [2.24, 2.45) is 0 Å². The van der Waals surface area contributed by atoms with Gasteiger partial charge in [0.1, 0.15) is 0 Å². The van der Waals surface area contributed by atoms with Crippen molar-refractivity contribution >= 4 is 56.3 Å². The topological polar surface area (TPSA) is 23.5 Å². The summed E-state index contributed by atoms with van der Waals surface area (Å²) in [6.07, 6.45) is 3.92. The maximum Gasteiger partial charge on any atom is 0.0923 e. The van der Waals surface area contributed by atoms with Crippen LogP contribution in [-0.2, 0) is 0 Å². The minimum absolute atomic E-state index is 0.561. The Balaban J connectivity index is 2.08. The molecule has 0 fully saturated rings. The van der Waals surface area contributed by atoms with E-state index < -0.39 is 6.10 Å². The Bertz CT molecular complexity index is 981. The number of aliphatic hydroxyl groups excluding tert-OH is 1. The molecule has 0 aromatic heterocycles. The van der Waals surface area contributed by atoms with Gasteiger partial charge in [-0.05, 0) is 78.0 Å². The van der Waals surface area contributed by atoms with Crippen molar-refractivity contribution in [1.82, 2.24) is 4.90 Å². The zero-order chi connectivity index (χ0) is 21.0. The van der Waals surface area contributed by atoms with Crippen LogP contribution in [0.5, 0.6) is 0 Å². The van der Waals surface area contributed by atoms with Crippen LogP contribution >= 0.6 is 34.8 Å². The van der Waals surface area contributed by atoms with Crippen LogP contribution in [0, 0.1) is 0 Å². The van der Waals surface area contributed by atoms with E-state index in [0.717, 1.165) is 65.9 Å². The highest BCUT2D eigenvalue weighted by Crippen LogP contribution is 2.39. The number of aliphatic hydroxyl groups is 1. The fourth-order valence-electron chi connectivity index (χ4n) is 3.87. The third-order valence-electron chi connectivity index (χ3n) is 5.41. The molecule has 0 aliphatic carbocycles. The van der Waals surface area contributed by atoms with Gasteiger partial charge in [0.25, 0.3) is 0 Å². The van der Waals surface area contributed by atoms with Crippen LogP contribution in [0.3, 0.4) is 0 Å². The summed E-state index contributed by atoms with van der Waals surface area (Å²) in [5.41, 5.74) is 0.859. The molecule has 0 saturated carbocycles. The molecule has 0 aliphatic rings. The van der Waals surface area contributed by atoms with Crippen molar-refractivity contribution in [3.05, 3.63) is 57.0 Å². The Kier molecular flexibility index (Phi) is 8.07. The molecule has 3 aromatic rings. The molecule has 156 valence electrons. The number of hydrogen-bond acceptors (Lipinski definition) is 2. The summed E-state index contributed by atoms with van der Waals surface area (Å²) in [5.74, 6) is 0. The molecule has 1 atom stereocenters. The fourth-order valence-corrected chi connectivity index (χ4v) is 4.63. The van der Waals surface area contributed by atoms with E-state index in [9.17, 15) is 5.11 Å². The standard InChI is InChI=1S/C24H28Cl3NO/c1-3-5-9-28(10-6-4-2)15-23(29)20-11-16-7-8-17(25)12-19(16)24-21(20)13-18(26)14-22(24)27/h7-8,11-14,23,29H,3-6,9-10,15H2,1-2H3. The minimum Gasteiger partial charge on any atom is -0.387 e. The normalized spacial score (nSPS) is 12.9. The van der Waals surface area contributed by atoms with Crippen molar-refractivity contribution in [1.29, 1.82) is 0 Å². The highest BCUT2D eigenvalue weighted by atomic mass is 35.5. The highest BCUT2D eigenvalue weighted by molar-refractivity contribution is 6.41. The number of benzene rings is 3. The summed E-state index contributed by atoms with van der Waals surface area (Å²) in [6.45, 7) is 6.98. The van der Waals surface area contributed by atoms with E-state index in [0.29, 0.717) is 21.6 Å². The third kappa shape index (κ3) is 5.37. The largest absolute Gasteiger partial charge is 0.387 e. The Morgan fingerprint density at radius 2 is 1.52 bits per heavy atom. The van der Waals surface area contributed by atoms with Gasteiger partial charge < -0.3 is 10.0 Å². The van der Waals surface area contributed by atoms with Crippen LogP contribution in [0.4, 0.5) is 0 Å². The van der Waals surface area contributed by atoms with E-state index in [1.807, 2.05) is 30.3 Å². The number of hydrogen-bond donors (Lipinski definition) is 1. The Morgan fingerprint density at radius 1 is 0.862 bits per heavy atom. The summed E-state index contributed by atoms with van der Waals surface area (Å²) < 4.78 is 0. The molecule has 0 amide bonds. The zero-order valence-corrected chi connectivity index (χ0v) is 19.3. The van der Waals surface area contributed by atoms with Crippen LogP contribution in [0.25, 0.3) is 21.5 Å². The number of rotatable bonds is 9. The van der Waals surface area contributed by atoms with Crippen LogP contribution in [0.1, 0.15) is 51.2 Å². The molecule has 3 aromatic carbocycles. The molecule has 5 heteroatoms. The van der Waals surface area contributed by atoms with Gasteiger partial charge in [0.05, 0.1) is 11.1 Å². The quantitative estimate of drug-likeness (QED) is 0.334. The minimum atomic E-state index is -0.624. The van der Waals surface area contributed by atoms with Crippen LogP contribution in [0.2, 0.25) is 15.1 Å². The van der Waals surface area contributed by atoms with Crippen molar-refractivity contribution in [2.45, 2.75) is 45.6 Å². The molecule has 1 unspecified atom stereocenters. The molecule has 0 aliphatic heterocycles. The van der Waals surface area contributed by atoms with E-state index in [1.54, 1.807) is 6.07 Å². The van der Waals surface area contributed by atoms with E-state index in [2.05, 4.69) is 18.7 Å². The first kappa shape index (κ1) is 22.7. The molecule has 2 nitrogen and oxygen atoms in total. The Labute approximate surface area is 188 Å². The second-order valence-corrected chi connectivity index (χ2v) is 8.95. The first-order chi connectivity index (χ1) is 13.9. The maximum absolute atomic E-state index is 11.2. The summed E-state index contributed by atoms with van der Waals surface area (Å²) in [4.78, 5) is 2.36. The lowest BCUT2D eigenvalue weighted by molar-refractivity contribution is 0.112. The number of unbranched alkanes of at least 4 members (excludes halogenated alkanes) is 2. The molecule has 0 spiro atoms. The van der Waals surface area contributed by atoms with Gasteiger partial charge in [-0.2, -0.15) is 0 Å². The van der Waals surface area contributed by atoms with Gasteiger partial charge in [-0.1, -0.05) is 67.6 Å². The smallest absolute Gasteiger partial charge is 0.0923 e. The fraction of sp³-hybridized carbons (Fsp3) is 0.417. The summed E-state index contributed by atoms with van der Waals surface area (Å²) in [6, 6.07) is 11.4. The second-order valence-electron chi connectivity index (χ2n) is 7.66. The van der Waals surface area contributed by atoms with Crippen LogP contribution in [-0.4, -0.2) is 29.6 Å². The molecule has 0 radical (unpaired) electrons. The van der Waals surface area contributed by atoms with E-state index in [4.69, 9.17) is 34.8 Å². The van der Waals surface area contributed by atoms with Gasteiger partial charge >= 0.3 is 0 Å². The maximum atomic E-state index is 11.2. The molecule has 0 heterocycles. The number of halogens is 3. The highest BCUT2D eigenvalue weighted by Gasteiger charge is 2.19. The van der Waals surface area contributed by atoms with E-state index in [1.165, 1.54) is 0 Å². The predicted octanol–water partition coefficient (Wildman–Crippen LogP) is 7.89. The Morgan fingerprint density at radius 3 is 2.17 bits per heavy atom. The Hall–Kier alpha value is -1.03. The average Bonchev–Trinajstić information content (AvgIpc) is 2.68. The molecular formula is C24H28Cl3NO. The van der Waals surface area contributed by atoms with Crippen LogP contribution < -0.4 is 0 Å². The van der Waals surface area contributed by atoms with Gasteiger partial charge in [0.2, 0.25) is 0 Å². The lowest BCUT2D eigenvalue weighted by Gasteiger charge is -2.26. The van der Waals surface area contributed by atoms with E-state index in [-0.39, 0.29) is 0 Å². The average molecular weight is 453 g/mol. The summed E-state index contributed by atoms with van der Waals surface area (Å²) in [7, 11) is 0. The van der Waals surface area contributed by atoms with Crippen molar-refractivity contribution in [3.8, 4) is 0 Å². The SMILES string of the molecule is CCCCN(CCCC)CC(O)c1cc2ccc(Cl)cc2c2c(Cl)cc(Cl)cc12. The summed E-state index contributed by atoms with van der Waals surface area (Å²) in [5, 5.41) is 16.8. The van der Waals surface area contributed by atoms with Gasteiger partial charge in [-0.15, -0.1) is 0 Å². The van der Waals surface area contributed by atoms with Crippen molar-refractivity contribution < 1.29 is 5.11 Å². The molecule has 1 N–H and O–H groups in total. The monoisotopic (exact) mass is 451 g/mol. The zero-order valence-electron chi connectivity index (χ0n) is 17.0. The number of nitrogens with zero attached hydrogens (tertiary/aromatic N) is 1. The molecule has 0 saturated heterocycles. The molecule has 3 rings (SSSR count). The van der Waals surface area contributed by atoms with Gasteiger partial charge in [-0.25, -0.2) is 0 Å². The molecule has 0 bridgehead atoms.